The minimum atomic E-state index is -0.286. The first kappa shape index (κ1) is 28.5. The third-order valence-corrected chi connectivity index (χ3v) is 9.12. The maximum atomic E-state index is 13.3. The van der Waals surface area contributed by atoms with Gasteiger partial charge in [0.2, 0.25) is 0 Å². The molecule has 2 aliphatic rings. The molecule has 44 heavy (non-hydrogen) atoms. The van der Waals surface area contributed by atoms with Crippen LogP contribution in [0.2, 0.25) is 5.02 Å². The molecule has 224 valence electrons. The van der Waals surface area contributed by atoms with Crippen molar-refractivity contribution in [3.05, 3.63) is 94.3 Å². The second-order valence-electron chi connectivity index (χ2n) is 11.6. The number of aromatic nitrogens is 4. The fourth-order valence-corrected chi connectivity index (χ4v) is 6.62. The Morgan fingerprint density at radius 3 is 2.66 bits per heavy atom. The number of nitrogens with zero attached hydrogens (tertiary/aromatic N) is 5. The number of hydrogen-bond donors (Lipinski definition) is 3. The molecule has 0 atom stereocenters. The molecule has 3 N–H and O–H groups in total. The summed E-state index contributed by atoms with van der Waals surface area (Å²) in [7, 11) is 1.89. The number of halogens is 1. The second-order valence-corrected chi connectivity index (χ2v) is 12.0. The molecule has 0 unspecified atom stereocenters. The fourth-order valence-electron chi connectivity index (χ4n) is 6.35. The Bertz CT molecular complexity index is 1880. The number of amides is 1. The Kier molecular flexibility index (Phi) is 7.76. The minimum Gasteiger partial charge on any atom is -0.338 e. The summed E-state index contributed by atoms with van der Waals surface area (Å²) in [5.41, 5.74) is 8.28. The first-order valence-corrected chi connectivity index (χ1v) is 15.5. The Hall–Kier alpha value is -4.31. The van der Waals surface area contributed by atoms with Gasteiger partial charge in [-0.2, -0.15) is 0 Å². The van der Waals surface area contributed by atoms with Gasteiger partial charge in [-0.05, 0) is 73.8 Å². The number of imidazole rings is 1. The van der Waals surface area contributed by atoms with Gasteiger partial charge in [0.15, 0.2) is 11.6 Å². The molecule has 10 heteroatoms. The number of pyridine rings is 2. The van der Waals surface area contributed by atoms with Gasteiger partial charge in [0.25, 0.3) is 5.91 Å². The van der Waals surface area contributed by atoms with Crippen LogP contribution < -0.4 is 16.0 Å². The summed E-state index contributed by atoms with van der Waals surface area (Å²) in [5.74, 6) is 0.795. The maximum Gasteiger partial charge on any atom is 0.291 e. The number of anilines is 3. The number of nitrogens with one attached hydrogen (secondary N) is 3. The molecular weight excluding hydrogens is 572 g/mol. The van der Waals surface area contributed by atoms with Crippen molar-refractivity contribution in [2.24, 2.45) is 7.05 Å². The zero-order valence-electron chi connectivity index (χ0n) is 25.0. The van der Waals surface area contributed by atoms with Crippen molar-refractivity contribution >= 4 is 45.6 Å². The van der Waals surface area contributed by atoms with Gasteiger partial charge in [-0.1, -0.05) is 35.9 Å². The van der Waals surface area contributed by atoms with Crippen LogP contribution in [0, 0.1) is 6.92 Å². The molecule has 0 saturated carbocycles. The maximum absolute atomic E-state index is 13.3. The van der Waals surface area contributed by atoms with Gasteiger partial charge in [-0.15, -0.1) is 0 Å². The van der Waals surface area contributed by atoms with Crippen LogP contribution >= 0.6 is 11.6 Å². The quantitative estimate of drug-likeness (QED) is 0.202. The van der Waals surface area contributed by atoms with Crippen molar-refractivity contribution in [3.8, 4) is 11.1 Å². The molecule has 1 saturated heterocycles. The molecule has 9 nitrogen and oxygen atoms in total. The number of benzene rings is 2. The summed E-state index contributed by atoms with van der Waals surface area (Å²) < 4.78 is 1.88. The van der Waals surface area contributed by atoms with Gasteiger partial charge in [0.1, 0.15) is 5.52 Å². The summed E-state index contributed by atoms with van der Waals surface area (Å²) >= 11 is 6.96. The van der Waals surface area contributed by atoms with Crippen molar-refractivity contribution < 1.29 is 4.79 Å². The summed E-state index contributed by atoms with van der Waals surface area (Å²) in [4.78, 5) is 29.8. The van der Waals surface area contributed by atoms with E-state index in [0.717, 1.165) is 77.3 Å². The molecular formula is C34H35ClN8O. The Morgan fingerprint density at radius 2 is 1.84 bits per heavy atom. The molecule has 1 amide bonds. The third-order valence-electron chi connectivity index (χ3n) is 8.72. The molecule has 5 heterocycles. The van der Waals surface area contributed by atoms with Crippen molar-refractivity contribution in [3.63, 3.8) is 0 Å². The highest BCUT2D eigenvalue weighted by atomic mass is 35.5. The SMILES string of the molecule is Cc1c(Nc2nccc3cc(CN4CCCC4)cnc23)cccc1-c1cccc(NC(=O)c2nc3c(n2C)CCNC3)c1Cl. The van der Waals surface area contributed by atoms with E-state index in [1.807, 2.05) is 66.5 Å². The monoisotopic (exact) mass is 606 g/mol. The van der Waals surface area contributed by atoms with E-state index >= 15 is 0 Å². The molecule has 1 fully saturated rings. The van der Waals surface area contributed by atoms with Crippen LogP contribution in [-0.4, -0.2) is 50.0 Å². The normalized spacial score (nSPS) is 15.0. The zero-order chi connectivity index (χ0) is 30.2. The fraction of sp³-hybridized carbons (Fsp3) is 0.294. The van der Waals surface area contributed by atoms with Crippen LogP contribution in [0.5, 0.6) is 0 Å². The van der Waals surface area contributed by atoms with Crippen LogP contribution in [0.4, 0.5) is 17.2 Å². The molecule has 7 rings (SSSR count). The average molecular weight is 607 g/mol. The number of carbonyl (C=O) groups is 1. The van der Waals surface area contributed by atoms with Crippen LogP contribution in [0.15, 0.2) is 60.9 Å². The lowest BCUT2D eigenvalue weighted by molar-refractivity contribution is 0.101. The lowest BCUT2D eigenvalue weighted by Crippen LogP contribution is -2.24. The van der Waals surface area contributed by atoms with Gasteiger partial charge in [-0.25, -0.2) is 9.97 Å². The molecule has 2 aromatic carbocycles. The van der Waals surface area contributed by atoms with Gasteiger partial charge in [0, 0.05) is 67.8 Å². The highest BCUT2D eigenvalue weighted by Gasteiger charge is 2.23. The first-order valence-electron chi connectivity index (χ1n) is 15.1. The highest BCUT2D eigenvalue weighted by Crippen LogP contribution is 2.38. The van der Waals surface area contributed by atoms with Crippen LogP contribution in [0.25, 0.3) is 22.0 Å². The molecule has 3 aromatic heterocycles. The van der Waals surface area contributed by atoms with E-state index < -0.39 is 0 Å². The van der Waals surface area contributed by atoms with Crippen molar-refractivity contribution in [1.29, 1.82) is 0 Å². The lowest BCUT2D eigenvalue weighted by atomic mass is 9.98. The number of rotatable bonds is 7. The summed E-state index contributed by atoms with van der Waals surface area (Å²) in [6.07, 6.45) is 7.17. The first-order chi connectivity index (χ1) is 21.5. The Morgan fingerprint density at radius 1 is 1.05 bits per heavy atom. The Balaban J connectivity index is 1.14. The van der Waals surface area contributed by atoms with Gasteiger partial charge < -0.3 is 20.5 Å². The van der Waals surface area contributed by atoms with Crippen LogP contribution in [0.3, 0.4) is 0 Å². The zero-order valence-corrected chi connectivity index (χ0v) is 25.7. The minimum absolute atomic E-state index is 0.286. The van der Waals surface area contributed by atoms with E-state index in [9.17, 15) is 4.79 Å². The molecule has 0 radical (unpaired) electrons. The molecule has 2 aliphatic heterocycles. The number of carbonyl (C=O) groups excluding carboxylic acids is 1. The van der Waals surface area contributed by atoms with E-state index in [2.05, 4.69) is 43.8 Å². The third kappa shape index (κ3) is 5.43. The van der Waals surface area contributed by atoms with Crippen molar-refractivity contribution in [2.45, 2.75) is 39.3 Å². The Labute approximate surface area is 261 Å². The predicted molar refractivity (Wildman–Crippen MR) is 176 cm³/mol. The highest BCUT2D eigenvalue weighted by molar-refractivity contribution is 6.36. The topological polar surface area (TPSA) is 100 Å². The molecule has 5 aromatic rings. The van der Waals surface area contributed by atoms with E-state index in [1.165, 1.54) is 18.4 Å². The van der Waals surface area contributed by atoms with Crippen LogP contribution in [-0.2, 0) is 26.6 Å². The summed E-state index contributed by atoms with van der Waals surface area (Å²) in [6, 6.07) is 16.0. The second kappa shape index (κ2) is 12.0. The van der Waals surface area contributed by atoms with Crippen molar-refractivity contribution in [1.82, 2.24) is 29.7 Å². The van der Waals surface area contributed by atoms with Gasteiger partial charge >= 0.3 is 0 Å². The van der Waals surface area contributed by atoms with E-state index in [4.69, 9.17) is 16.6 Å². The van der Waals surface area contributed by atoms with E-state index in [1.54, 1.807) is 0 Å². The molecule has 0 spiro atoms. The standard InChI is InChI=1S/C34H35ClN8O/c1-21-24(25-8-6-10-27(30(25)35)41-34(44)33-40-28-19-36-13-12-29(28)42(33)2)7-5-9-26(21)39-32-31-23(11-14-37-32)17-22(18-38-31)20-43-15-3-4-16-43/h5-11,14,17-18,36H,3-4,12-13,15-16,19-20H2,1-2H3,(H,37,39)(H,41,44). The number of likely N-dealkylation sites (tertiary alicyclic amines) is 1. The van der Waals surface area contributed by atoms with Crippen molar-refractivity contribution in [2.75, 3.05) is 30.3 Å². The van der Waals surface area contributed by atoms with Gasteiger partial charge in [-0.3, -0.25) is 14.7 Å². The molecule has 0 bridgehead atoms. The number of hydrogen-bond acceptors (Lipinski definition) is 7. The smallest absolute Gasteiger partial charge is 0.291 e. The van der Waals surface area contributed by atoms with Gasteiger partial charge in [0.05, 0.1) is 16.4 Å². The van der Waals surface area contributed by atoms with E-state index in [0.29, 0.717) is 28.9 Å². The summed E-state index contributed by atoms with van der Waals surface area (Å²) in [5, 5.41) is 11.4. The number of fused-ring (bicyclic) bond motifs is 2. The van der Waals surface area contributed by atoms with Crippen LogP contribution in [0.1, 0.15) is 46.0 Å². The molecule has 0 aliphatic carbocycles. The lowest BCUT2D eigenvalue weighted by Gasteiger charge is -2.17. The average Bonchev–Trinajstić information content (AvgIpc) is 3.67. The summed E-state index contributed by atoms with van der Waals surface area (Å²) in [6.45, 7) is 6.83. The van der Waals surface area contributed by atoms with E-state index in [-0.39, 0.29) is 5.91 Å². The largest absolute Gasteiger partial charge is 0.338 e. The predicted octanol–water partition coefficient (Wildman–Crippen LogP) is 6.23.